The molecule has 1 aromatic carbocycles. The maximum absolute atomic E-state index is 6.76. The first kappa shape index (κ1) is 20.6. The van der Waals surface area contributed by atoms with Crippen LogP contribution >= 0.6 is 11.6 Å². The van der Waals surface area contributed by atoms with Crippen molar-refractivity contribution in [3.05, 3.63) is 64.1 Å². The number of halogens is 1. The van der Waals surface area contributed by atoms with Crippen molar-refractivity contribution in [1.82, 2.24) is 24.5 Å². The van der Waals surface area contributed by atoms with Crippen LogP contribution in [0, 0.1) is 6.92 Å². The number of pyridine rings is 1. The van der Waals surface area contributed by atoms with Crippen LogP contribution in [0.25, 0.3) is 22.5 Å². The van der Waals surface area contributed by atoms with E-state index in [1.165, 1.54) is 0 Å². The highest BCUT2D eigenvalue weighted by atomic mass is 35.5. The minimum atomic E-state index is -0.270. The fourth-order valence-electron chi connectivity index (χ4n) is 4.41. The first-order chi connectivity index (χ1) is 15.4. The van der Waals surface area contributed by atoms with Gasteiger partial charge in [-0.05, 0) is 26.8 Å². The van der Waals surface area contributed by atoms with Crippen molar-refractivity contribution in [3.8, 4) is 28.3 Å². The number of hydrogen-bond donors (Lipinski definition) is 1. The van der Waals surface area contributed by atoms with Crippen molar-refractivity contribution < 1.29 is 4.74 Å². The summed E-state index contributed by atoms with van der Waals surface area (Å²) >= 11 is 6.76. The second kappa shape index (κ2) is 7.67. The van der Waals surface area contributed by atoms with Crippen LogP contribution in [-0.2, 0) is 20.0 Å². The summed E-state index contributed by atoms with van der Waals surface area (Å²) < 4.78 is 10.1. The lowest BCUT2D eigenvalue weighted by atomic mass is 9.93. The third-order valence-electron chi connectivity index (χ3n) is 6.01. The molecule has 3 aromatic heterocycles. The van der Waals surface area contributed by atoms with Crippen molar-refractivity contribution in [2.45, 2.75) is 39.8 Å². The molecule has 2 bridgehead atoms. The molecule has 0 fully saturated rings. The van der Waals surface area contributed by atoms with Crippen LogP contribution in [0.4, 0.5) is 5.82 Å². The summed E-state index contributed by atoms with van der Waals surface area (Å²) in [7, 11) is 1.87. The van der Waals surface area contributed by atoms with Crippen molar-refractivity contribution in [2.75, 3.05) is 5.73 Å². The lowest BCUT2D eigenvalue weighted by Crippen LogP contribution is -2.10. The summed E-state index contributed by atoms with van der Waals surface area (Å²) in [4.78, 5) is 4.43. The van der Waals surface area contributed by atoms with Crippen molar-refractivity contribution in [2.24, 2.45) is 7.05 Å². The molecule has 4 aromatic rings. The van der Waals surface area contributed by atoms with Crippen molar-refractivity contribution in [3.63, 3.8) is 0 Å². The van der Waals surface area contributed by atoms with E-state index in [1.807, 2.05) is 30.9 Å². The van der Waals surface area contributed by atoms with Crippen LogP contribution in [0.1, 0.15) is 42.2 Å². The molecule has 1 aliphatic rings. The normalized spacial score (nSPS) is 15.1. The van der Waals surface area contributed by atoms with E-state index in [-0.39, 0.29) is 6.10 Å². The minimum absolute atomic E-state index is 0.270. The molecule has 0 aliphatic carbocycles. The zero-order valence-corrected chi connectivity index (χ0v) is 19.3. The van der Waals surface area contributed by atoms with Crippen LogP contribution in [0.15, 0.2) is 36.7 Å². The van der Waals surface area contributed by atoms with Gasteiger partial charge in [0.25, 0.3) is 0 Å². The number of nitrogen functional groups attached to an aromatic ring is 1. The second-order valence-corrected chi connectivity index (χ2v) is 8.57. The van der Waals surface area contributed by atoms with E-state index in [1.54, 1.807) is 10.9 Å². The highest BCUT2D eigenvalue weighted by molar-refractivity contribution is 6.30. The molecule has 4 heterocycles. The van der Waals surface area contributed by atoms with Gasteiger partial charge in [-0.3, -0.25) is 9.36 Å². The van der Waals surface area contributed by atoms with E-state index in [0.717, 1.165) is 51.3 Å². The Morgan fingerprint density at radius 3 is 2.84 bits per heavy atom. The largest absolute Gasteiger partial charge is 0.482 e. The second-order valence-electron chi connectivity index (χ2n) is 8.21. The highest BCUT2D eigenvalue weighted by Gasteiger charge is 2.26. The Kier molecular flexibility index (Phi) is 4.93. The minimum Gasteiger partial charge on any atom is -0.482 e. The number of aryl methyl sites for hydroxylation is 3. The number of nitrogens with zero attached hydrogens (tertiary/aromatic N) is 5. The predicted molar refractivity (Wildman–Crippen MR) is 126 cm³/mol. The van der Waals surface area contributed by atoms with Gasteiger partial charge in [0.15, 0.2) is 11.6 Å². The van der Waals surface area contributed by atoms with Crippen LogP contribution in [0.3, 0.4) is 0 Å². The number of rotatable bonds is 1. The zero-order chi connectivity index (χ0) is 22.6. The average Bonchev–Trinajstić information content (AvgIpc) is 3.30. The molecule has 2 N–H and O–H groups in total. The van der Waals surface area contributed by atoms with Gasteiger partial charge in [-0.1, -0.05) is 35.4 Å². The van der Waals surface area contributed by atoms with Crippen molar-refractivity contribution in [1.29, 1.82) is 0 Å². The predicted octanol–water partition coefficient (Wildman–Crippen LogP) is 4.95. The first-order valence-corrected chi connectivity index (χ1v) is 11.0. The van der Waals surface area contributed by atoms with Gasteiger partial charge in [0, 0.05) is 54.0 Å². The summed E-state index contributed by atoms with van der Waals surface area (Å²) in [6.07, 6.45) is 4.00. The number of hydrogen-bond acceptors (Lipinski definition) is 5. The van der Waals surface area contributed by atoms with Gasteiger partial charge < -0.3 is 10.5 Å². The molecule has 1 aliphatic heterocycles. The summed E-state index contributed by atoms with van der Waals surface area (Å²) in [5.74, 6) is 0.912. The van der Waals surface area contributed by atoms with Crippen molar-refractivity contribution >= 4 is 17.4 Å². The molecule has 0 radical (unpaired) electrons. The van der Waals surface area contributed by atoms with Gasteiger partial charge in [0.2, 0.25) is 0 Å². The summed E-state index contributed by atoms with van der Waals surface area (Å²) in [5, 5.41) is 10.0. The zero-order valence-electron chi connectivity index (χ0n) is 18.6. The average molecular weight is 449 g/mol. The molecule has 0 unspecified atom stereocenters. The van der Waals surface area contributed by atoms with Crippen LogP contribution in [0.5, 0.6) is 5.75 Å². The fraction of sp³-hybridized carbons (Fsp3) is 0.292. The molecular formula is C24H25ClN6O. The van der Waals surface area contributed by atoms with Gasteiger partial charge in [-0.15, -0.1) is 0 Å². The molecule has 32 heavy (non-hydrogen) atoms. The van der Waals surface area contributed by atoms with Crippen LogP contribution in [0.2, 0.25) is 5.15 Å². The maximum atomic E-state index is 6.76. The number of nitrogens with two attached hydrogens (primary N) is 1. The number of ether oxygens (including phenoxy) is 1. The monoisotopic (exact) mass is 448 g/mol. The topological polar surface area (TPSA) is 83.8 Å². The van der Waals surface area contributed by atoms with Gasteiger partial charge in [-0.25, -0.2) is 4.98 Å². The Morgan fingerprint density at radius 1 is 1.25 bits per heavy atom. The first-order valence-electron chi connectivity index (χ1n) is 10.7. The smallest absolute Gasteiger partial charge is 0.166 e. The third-order valence-corrected chi connectivity index (χ3v) is 6.48. The summed E-state index contributed by atoms with van der Waals surface area (Å²) in [6.45, 7) is 6.87. The van der Waals surface area contributed by atoms with E-state index in [9.17, 15) is 0 Å². The molecule has 164 valence electrons. The van der Waals surface area contributed by atoms with E-state index in [2.05, 4.69) is 42.1 Å². The lowest BCUT2D eigenvalue weighted by molar-refractivity contribution is 0.228. The van der Waals surface area contributed by atoms with Crippen LogP contribution < -0.4 is 10.5 Å². The SMILES string of the molecule is CCn1ncc2c1-c1cnc(N)c(c1)O[C@H](C)c1cc(C)ccc1-c1nn(C)c(Cl)c1C2. The summed E-state index contributed by atoms with van der Waals surface area (Å²) in [5.41, 5.74) is 14.1. The molecule has 0 amide bonds. The standard InChI is InChI=1S/C24H25ClN6O/c1-5-31-22-15(12-28-31)9-19-21(29-30(4)23(19)25)17-7-6-13(2)8-18(17)14(3)32-20-10-16(22)11-27-24(20)26/h6-8,10-12,14H,5,9H2,1-4H3,(H2,26,27)/t14-/m1/s1. The Hall–Kier alpha value is -3.32. The van der Waals surface area contributed by atoms with Gasteiger partial charge >= 0.3 is 0 Å². The van der Waals surface area contributed by atoms with Gasteiger partial charge in [-0.2, -0.15) is 10.2 Å². The molecule has 8 heteroatoms. The molecule has 0 saturated carbocycles. The Bertz CT molecular complexity index is 1340. The molecule has 0 saturated heterocycles. The van der Waals surface area contributed by atoms with Crippen LogP contribution in [-0.4, -0.2) is 24.5 Å². The van der Waals surface area contributed by atoms with E-state index < -0.39 is 0 Å². The maximum Gasteiger partial charge on any atom is 0.166 e. The molecule has 0 spiro atoms. The fourth-order valence-corrected chi connectivity index (χ4v) is 4.60. The number of benzene rings is 1. The Morgan fingerprint density at radius 2 is 2.06 bits per heavy atom. The summed E-state index contributed by atoms with van der Waals surface area (Å²) in [6, 6.07) is 8.26. The lowest BCUT2D eigenvalue weighted by Gasteiger charge is -2.21. The number of aromatic nitrogens is 5. The van der Waals surface area contributed by atoms with E-state index >= 15 is 0 Å². The molecule has 5 rings (SSSR count). The Balaban J connectivity index is 1.84. The quantitative estimate of drug-likeness (QED) is 0.445. The number of anilines is 1. The highest BCUT2D eigenvalue weighted by Crippen LogP contribution is 2.40. The third kappa shape index (κ3) is 3.24. The van der Waals surface area contributed by atoms with E-state index in [0.29, 0.717) is 23.1 Å². The molecule has 7 nitrogen and oxygen atoms in total. The molecule has 1 atom stereocenters. The van der Waals surface area contributed by atoms with Gasteiger partial charge in [0.05, 0.1) is 17.6 Å². The van der Waals surface area contributed by atoms with Gasteiger partial charge in [0.1, 0.15) is 11.3 Å². The van der Waals surface area contributed by atoms with E-state index in [4.69, 9.17) is 27.2 Å². The number of fused-ring (bicyclic) bond motifs is 7. The molecular weight excluding hydrogens is 424 g/mol. The Labute approximate surface area is 191 Å².